The van der Waals surface area contributed by atoms with Crippen molar-refractivity contribution in [3.8, 4) is 0 Å². The summed E-state index contributed by atoms with van der Waals surface area (Å²) in [6.07, 6.45) is 1.09. The van der Waals surface area contributed by atoms with Gasteiger partial charge in [0.25, 0.3) is 5.91 Å². The van der Waals surface area contributed by atoms with Crippen molar-refractivity contribution in [3.63, 3.8) is 0 Å². The molecule has 19 heavy (non-hydrogen) atoms. The van der Waals surface area contributed by atoms with Gasteiger partial charge in [-0.2, -0.15) is 0 Å². The Morgan fingerprint density at radius 2 is 1.95 bits per heavy atom. The van der Waals surface area contributed by atoms with E-state index >= 15 is 0 Å². The van der Waals surface area contributed by atoms with Crippen LogP contribution < -0.4 is 11.3 Å². The minimum absolute atomic E-state index is 0.121. The van der Waals surface area contributed by atoms with E-state index in [-0.39, 0.29) is 11.3 Å². The molecule has 0 spiro atoms. The normalized spacial score (nSPS) is 19.6. The highest BCUT2D eigenvalue weighted by Crippen LogP contribution is 2.34. The topological polar surface area (TPSA) is 58.4 Å². The Hall–Kier alpha value is -1.55. The number of rotatable bonds is 2. The SMILES string of the molecule is CC(C)(C)C1CCN(C(=O)c2ccc(NN)cc2)C1. The summed E-state index contributed by atoms with van der Waals surface area (Å²) in [5.41, 5.74) is 4.37. The van der Waals surface area contributed by atoms with Gasteiger partial charge in [-0.1, -0.05) is 20.8 Å². The summed E-state index contributed by atoms with van der Waals surface area (Å²) in [4.78, 5) is 14.4. The summed E-state index contributed by atoms with van der Waals surface area (Å²) in [5, 5.41) is 0. The number of hydrogen-bond donors (Lipinski definition) is 2. The number of amides is 1. The molecule has 1 heterocycles. The molecule has 104 valence electrons. The van der Waals surface area contributed by atoms with Crippen molar-refractivity contribution < 1.29 is 4.79 Å². The van der Waals surface area contributed by atoms with E-state index in [1.54, 1.807) is 0 Å². The molecule has 1 atom stereocenters. The van der Waals surface area contributed by atoms with Crippen molar-refractivity contribution in [2.75, 3.05) is 18.5 Å². The molecule has 1 amide bonds. The fourth-order valence-electron chi connectivity index (χ4n) is 2.54. The van der Waals surface area contributed by atoms with E-state index in [1.807, 2.05) is 29.2 Å². The van der Waals surface area contributed by atoms with Crippen LogP contribution in [0.15, 0.2) is 24.3 Å². The summed E-state index contributed by atoms with van der Waals surface area (Å²) in [6.45, 7) is 8.45. The van der Waals surface area contributed by atoms with Crippen LogP contribution in [0.25, 0.3) is 0 Å². The molecule has 1 aliphatic heterocycles. The molecular weight excluding hydrogens is 238 g/mol. The Balaban J connectivity index is 2.04. The number of hydrogen-bond acceptors (Lipinski definition) is 3. The van der Waals surface area contributed by atoms with Crippen LogP contribution in [-0.4, -0.2) is 23.9 Å². The highest BCUT2D eigenvalue weighted by Gasteiger charge is 2.33. The quantitative estimate of drug-likeness (QED) is 0.635. The average molecular weight is 261 g/mol. The fourth-order valence-corrected chi connectivity index (χ4v) is 2.54. The highest BCUT2D eigenvalue weighted by atomic mass is 16.2. The Labute approximate surface area is 114 Å². The second-order valence-corrected chi connectivity index (χ2v) is 6.32. The second kappa shape index (κ2) is 5.21. The van der Waals surface area contributed by atoms with E-state index in [0.29, 0.717) is 5.92 Å². The summed E-state index contributed by atoms with van der Waals surface area (Å²) < 4.78 is 0. The summed E-state index contributed by atoms with van der Waals surface area (Å²) in [5.74, 6) is 6.02. The minimum Gasteiger partial charge on any atom is -0.338 e. The van der Waals surface area contributed by atoms with Crippen LogP contribution >= 0.6 is 0 Å². The molecule has 0 aromatic heterocycles. The van der Waals surface area contributed by atoms with Gasteiger partial charge in [0, 0.05) is 24.3 Å². The summed E-state index contributed by atoms with van der Waals surface area (Å²) >= 11 is 0. The minimum atomic E-state index is 0.121. The van der Waals surface area contributed by atoms with Gasteiger partial charge >= 0.3 is 0 Å². The standard InChI is InChI=1S/C15H23N3O/c1-15(2,3)12-8-9-18(10-12)14(19)11-4-6-13(17-16)7-5-11/h4-7,12,17H,8-10,16H2,1-3H3. The van der Waals surface area contributed by atoms with Gasteiger partial charge in [-0.15, -0.1) is 0 Å². The van der Waals surface area contributed by atoms with Crippen LogP contribution in [0.1, 0.15) is 37.6 Å². The third-order valence-electron chi connectivity index (χ3n) is 4.00. The zero-order valence-corrected chi connectivity index (χ0v) is 11.9. The van der Waals surface area contributed by atoms with E-state index in [0.717, 1.165) is 30.8 Å². The molecule has 1 unspecified atom stereocenters. The molecule has 0 saturated carbocycles. The highest BCUT2D eigenvalue weighted by molar-refractivity contribution is 5.94. The lowest BCUT2D eigenvalue weighted by Crippen LogP contribution is -2.31. The summed E-state index contributed by atoms with van der Waals surface area (Å²) in [7, 11) is 0. The number of carbonyl (C=O) groups is 1. The predicted octanol–water partition coefficient (Wildman–Crippen LogP) is 2.48. The largest absolute Gasteiger partial charge is 0.338 e. The first-order valence-corrected chi connectivity index (χ1v) is 6.78. The maximum atomic E-state index is 12.4. The zero-order valence-electron chi connectivity index (χ0n) is 11.9. The molecular formula is C15H23N3O. The predicted molar refractivity (Wildman–Crippen MR) is 77.7 cm³/mol. The van der Waals surface area contributed by atoms with Crippen molar-refractivity contribution >= 4 is 11.6 Å². The number of carbonyl (C=O) groups excluding carboxylic acids is 1. The molecule has 2 rings (SSSR count). The number of nitrogen functional groups attached to an aromatic ring is 1. The molecule has 1 fully saturated rings. The molecule has 1 aromatic rings. The Bertz CT molecular complexity index is 447. The van der Waals surface area contributed by atoms with Crippen molar-refractivity contribution in [3.05, 3.63) is 29.8 Å². The number of nitrogens with zero attached hydrogens (tertiary/aromatic N) is 1. The molecule has 4 heteroatoms. The van der Waals surface area contributed by atoms with E-state index in [9.17, 15) is 4.79 Å². The van der Waals surface area contributed by atoms with Gasteiger partial charge in [-0.25, -0.2) is 0 Å². The Kier molecular flexibility index (Phi) is 3.80. The van der Waals surface area contributed by atoms with Crippen LogP contribution in [-0.2, 0) is 0 Å². The third-order valence-corrected chi connectivity index (χ3v) is 4.00. The molecule has 0 bridgehead atoms. The fraction of sp³-hybridized carbons (Fsp3) is 0.533. The van der Waals surface area contributed by atoms with E-state index in [4.69, 9.17) is 5.84 Å². The molecule has 3 N–H and O–H groups in total. The average Bonchev–Trinajstić information content (AvgIpc) is 2.87. The van der Waals surface area contributed by atoms with E-state index < -0.39 is 0 Å². The van der Waals surface area contributed by atoms with Crippen LogP contribution in [0.2, 0.25) is 0 Å². The van der Waals surface area contributed by atoms with Gasteiger partial charge in [0.2, 0.25) is 0 Å². The van der Waals surface area contributed by atoms with Crippen LogP contribution in [0.4, 0.5) is 5.69 Å². The van der Waals surface area contributed by atoms with Gasteiger partial charge in [0.05, 0.1) is 0 Å². The lowest BCUT2D eigenvalue weighted by molar-refractivity contribution is 0.0776. The number of anilines is 1. The first-order chi connectivity index (χ1) is 8.91. The number of nitrogens with two attached hydrogens (primary N) is 1. The molecule has 0 aliphatic carbocycles. The number of hydrazine groups is 1. The van der Waals surface area contributed by atoms with Crippen LogP contribution in [0, 0.1) is 11.3 Å². The van der Waals surface area contributed by atoms with Gasteiger partial charge in [-0.05, 0) is 42.0 Å². The molecule has 1 saturated heterocycles. The maximum Gasteiger partial charge on any atom is 0.253 e. The smallest absolute Gasteiger partial charge is 0.253 e. The van der Waals surface area contributed by atoms with Gasteiger partial charge in [0.15, 0.2) is 0 Å². The molecule has 1 aromatic carbocycles. The monoisotopic (exact) mass is 261 g/mol. The molecule has 1 aliphatic rings. The Morgan fingerprint density at radius 1 is 1.32 bits per heavy atom. The first-order valence-electron chi connectivity index (χ1n) is 6.78. The zero-order chi connectivity index (χ0) is 14.0. The summed E-state index contributed by atoms with van der Waals surface area (Å²) in [6, 6.07) is 7.29. The van der Waals surface area contributed by atoms with Gasteiger partial charge in [0.1, 0.15) is 0 Å². The van der Waals surface area contributed by atoms with Gasteiger partial charge in [-0.3, -0.25) is 10.6 Å². The van der Waals surface area contributed by atoms with E-state index in [1.165, 1.54) is 0 Å². The van der Waals surface area contributed by atoms with Crippen molar-refractivity contribution in [1.82, 2.24) is 4.90 Å². The van der Waals surface area contributed by atoms with Crippen LogP contribution in [0.5, 0.6) is 0 Å². The Morgan fingerprint density at radius 3 is 2.42 bits per heavy atom. The maximum absolute atomic E-state index is 12.4. The van der Waals surface area contributed by atoms with Crippen molar-refractivity contribution in [2.24, 2.45) is 17.2 Å². The second-order valence-electron chi connectivity index (χ2n) is 6.32. The molecule has 0 radical (unpaired) electrons. The number of nitrogens with one attached hydrogen (secondary N) is 1. The number of benzene rings is 1. The lowest BCUT2D eigenvalue weighted by Gasteiger charge is -2.27. The van der Waals surface area contributed by atoms with Crippen molar-refractivity contribution in [1.29, 1.82) is 0 Å². The van der Waals surface area contributed by atoms with E-state index in [2.05, 4.69) is 26.2 Å². The van der Waals surface area contributed by atoms with Crippen molar-refractivity contribution in [2.45, 2.75) is 27.2 Å². The molecule has 4 nitrogen and oxygen atoms in total. The van der Waals surface area contributed by atoms with Crippen LogP contribution in [0.3, 0.4) is 0 Å². The van der Waals surface area contributed by atoms with Gasteiger partial charge < -0.3 is 10.3 Å². The first kappa shape index (κ1) is 13.9. The lowest BCUT2D eigenvalue weighted by atomic mass is 9.80. The number of likely N-dealkylation sites (tertiary alicyclic amines) is 1. The third kappa shape index (κ3) is 3.07.